The van der Waals surface area contributed by atoms with Crippen molar-refractivity contribution in [3.8, 4) is 79.2 Å². The quantitative estimate of drug-likeness (QED) is 0.154. The van der Waals surface area contributed by atoms with Crippen LogP contribution < -0.4 is 5.46 Å². The average Bonchev–Trinajstić information content (AvgIpc) is 1.59. The molecule has 2 N–H and O–H groups in total. The second kappa shape index (κ2) is 22.6. The van der Waals surface area contributed by atoms with E-state index in [1.807, 2.05) is 127 Å². The maximum atomic E-state index is 9.43. The molecule has 0 bridgehead atoms. The predicted molar refractivity (Wildman–Crippen MR) is 351 cm³/mol. The summed E-state index contributed by atoms with van der Waals surface area (Å²) in [6, 6.07) is 77.1. The van der Waals surface area contributed by atoms with Gasteiger partial charge >= 0.3 is 7.12 Å². The molecule has 2 aliphatic rings. The number of benzene rings is 10. The first kappa shape index (κ1) is 56.6. The molecular weight excluding hydrogens is 1080 g/mol. The van der Waals surface area contributed by atoms with E-state index < -0.39 is 7.12 Å². The number of aromatic nitrogens is 6. The first-order chi connectivity index (χ1) is 40.9. The van der Waals surface area contributed by atoms with Crippen LogP contribution in [0.1, 0.15) is 64.8 Å². The Hall–Kier alpha value is -9.91. The van der Waals surface area contributed by atoms with Crippen LogP contribution in [0.5, 0.6) is 0 Å². The monoisotopic (exact) mass is 1140 g/mol. The highest BCUT2D eigenvalue weighted by molar-refractivity contribution is 6.59. The number of fused-ring (bicyclic) bond motifs is 14. The molecule has 4 aromatic heterocycles. The van der Waals surface area contributed by atoms with Crippen molar-refractivity contribution in [1.29, 1.82) is 0 Å². The Kier molecular flexibility index (Phi) is 14.9. The lowest BCUT2D eigenvalue weighted by molar-refractivity contribution is 0.425. The summed E-state index contributed by atoms with van der Waals surface area (Å²) in [5.74, 6) is 3.07. The van der Waals surface area contributed by atoms with Crippen LogP contribution in [0.15, 0.2) is 239 Å². The molecule has 10 nitrogen and oxygen atoms in total. The molecule has 0 saturated heterocycles. The predicted octanol–water partition coefficient (Wildman–Crippen LogP) is 17.8. The number of furan rings is 2. The molecule has 14 aromatic rings. The topological polar surface area (TPSA) is 144 Å². The lowest BCUT2D eigenvalue weighted by Crippen LogP contribution is -2.29. The molecule has 0 saturated carbocycles. The summed E-state index contributed by atoms with van der Waals surface area (Å²) < 4.78 is 12.9. The smallest absolute Gasteiger partial charge is 0.456 e. The van der Waals surface area contributed by atoms with Crippen LogP contribution in [0, 0.1) is 0 Å². The summed E-state index contributed by atoms with van der Waals surface area (Å²) in [4.78, 5) is 27.4. The summed E-state index contributed by atoms with van der Waals surface area (Å²) in [6.45, 7) is 9.04. The van der Waals surface area contributed by atoms with Crippen LogP contribution in [0.3, 0.4) is 0 Å². The van der Waals surface area contributed by atoms with Gasteiger partial charge in [-0.25, -0.2) is 19.9 Å². The average molecular weight is 1140 g/mol. The van der Waals surface area contributed by atoms with Crippen LogP contribution in [0.4, 0.5) is 0 Å². The van der Waals surface area contributed by atoms with Gasteiger partial charge in [0.15, 0.2) is 29.1 Å². The van der Waals surface area contributed by atoms with E-state index in [0.717, 1.165) is 66.1 Å². The van der Waals surface area contributed by atoms with Gasteiger partial charge in [-0.1, -0.05) is 243 Å². The summed E-state index contributed by atoms with van der Waals surface area (Å²) in [7, 11) is -1.50. The maximum Gasteiger partial charge on any atom is 0.488 e. The van der Waals surface area contributed by atoms with Crippen molar-refractivity contribution in [3.05, 3.63) is 258 Å². The third-order valence-corrected chi connectivity index (χ3v) is 16.4. The molecule has 0 radical (unpaired) electrons. The number of nitrogens with zero attached hydrogens (tertiary/aromatic N) is 6. The molecule has 0 amide bonds. The lowest BCUT2D eigenvalue weighted by Gasteiger charge is -2.21. The van der Waals surface area contributed by atoms with E-state index in [9.17, 15) is 10.0 Å². The van der Waals surface area contributed by atoms with Gasteiger partial charge < -0.3 is 18.9 Å². The van der Waals surface area contributed by atoms with Gasteiger partial charge in [0.1, 0.15) is 22.3 Å². The van der Waals surface area contributed by atoms with Gasteiger partial charge in [-0.2, -0.15) is 9.97 Å². The van der Waals surface area contributed by atoms with Crippen molar-refractivity contribution >= 4 is 68.1 Å². The number of halogens is 1. The molecule has 86 heavy (non-hydrogen) atoms. The van der Waals surface area contributed by atoms with Crippen molar-refractivity contribution in [2.45, 2.75) is 53.4 Å². The zero-order valence-electron chi connectivity index (χ0n) is 46.3. The van der Waals surface area contributed by atoms with Crippen LogP contribution in [0.2, 0.25) is 5.28 Å². The van der Waals surface area contributed by atoms with Gasteiger partial charge in [-0.05, 0) is 80.8 Å². The molecule has 10 aromatic carbocycles. The molecule has 420 valence electrons. The van der Waals surface area contributed by atoms with Gasteiger partial charge in [0, 0.05) is 71.3 Å². The summed E-state index contributed by atoms with van der Waals surface area (Å²) >= 11 is 5.99. The molecule has 0 atom stereocenters. The van der Waals surface area contributed by atoms with E-state index in [2.05, 4.69) is 134 Å². The minimum Gasteiger partial charge on any atom is -0.456 e. The fourth-order valence-electron chi connectivity index (χ4n) is 12.2. The van der Waals surface area contributed by atoms with Gasteiger partial charge in [-0.3, -0.25) is 0 Å². The Bertz CT molecular complexity index is 4720. The van der Waals surface area contributed by atoms with Crippen molar-refractivity contribution in [1.82, 2.24) is 29.9 Å². The standard InChI is InChI=1S/C36H25N3O.C21H17BO3.C15H10ClN3.2CH4/c1-36(2)29-16-10-9-15-25(29)27-19-20-28-26-18-17-24(21-30(26)40-32(28)31(27)36)35-38-33(22-11-5-3-6-12-22)37-34(39-35)23-13-7-4-8-14-23;1-21(2)17-6-4-3-5-13(17)15-9-10-16-14-8-7-12(22(23)24)11-18(14)25-20(16)19(15)21;16-15-18-13(11-7-3-1-4-8-11)17-14(19-15)12-9-5-2-6-10-12;;/h3-21H,1-2H3;3-11,23-24H,1-2H3;1-10H;2*1H4. The number of hydrogen-bond acceptors (Lipinski definition) is 10. The molecule has 0 spiro atoms. The second-order valence-corrected chi connectivity index (χ2v) is 22.5. The largest absolute Gasteiger partial charge is 0.488 e. The van der Waals surface area contributed by atoms with E-state index in [4.69, 9.17) is 35.4 Å². The van der Waals surface area contributed by atoms with E-state index >= 15 is 0 Å². The van der Waals surface area contributed by atoms with Crippen molar-refractivity contribution in [3.63, 3.8) is 0 Å². The Balaban J connectivity index is 0.000000135. The molecule has 16 rings (SSSR count). The molecule has 0 aliphatic heterocycles. The van der Waals surface area contributed by atoms with Crippen molar-refractivity contribution < 1.29 is 18.9 Å². The maximum absolute atomic E-state index is 9.43. The number of rotatable bonds is 6. The lowest BCUT2D eigenvalue weighted by atomic mass is 9.80. The van der Waals surface area contributed by atoms with Crippen LogP contribution in [0.25, 0.3) is 123 Å². The third kappa shape index (κ3) is 9.89. The highest BCUT2D eigenvalue weighted by Crippen LogP contribution is 2.54. The first-order valence-electron chi connectivity index (χ1n) is 27.8. The van der Waals surface area contributed by atoms with Crippen molar-refractivity contribution in [2.24, 2.45) is 0 Å². The summed E-state index contributed by atoms with van der Waals surface area (Å²) in [6.07, 6.45) is 0. The van der Waals surface area contributed by atoms with Crippen LogP contribution in [-0.2, 0) is 10.8 Å². The molecule has 4 heterocycles. The first-order valence-corrected chi connectivity index (χ1v) is 28.2. The zero-order valence-corrected chi connectivity index (χ0v) is 47.0. The minimum atomic E-state index is -1.50. The van der Waals surface area contributed by atoms with E-state index in [1.165, 1.54) is 44.5 Å². The zero-order chi connectivity index (χ0) is 57.3. The molecule has 2 aliphatic carbocycles. The Labute approximate surface area is 504 Å². The van der Waals surface area contributed by atoms with Crippen molar-refractivity contribution in [2.75, 3.05) is 0 Å². The van der Waals surface area contributed by atoms with Gasteiger partial charge in [0.25, 0.3) is 0 Å². The Morgan fingerprint density at radius 1 is 0.349 bits per heavy atom. The van der Waals surface area contributed by atoms with Gasteiger partial charge in [-0.15, -0.1) is 0 Å². The summed E-state index contributed by atoms with van der Waals surface area (Å²) in [5.41, 5.74) is 18.3. The Morgan fingerprint density at radius 3 is 1.09 bits per heavy atom. The minimum absolute atomic E-state index is 0. The fraction of sp³-hybridized carbons (Fsp3) is 0.108. The highest BCUT2D eigenvalue weighted by atomic mass is 35.5. The van der Waals surface area contributed by atoms with E-state index in [0.29, 0.717) is 40.2 Å². The molecule has 0 fully saturated rings. The van der Waals surface area contributed by atoms with Crippen LogP contribution in [-0.4, -0.2) is 47.1 Å². The van der Waals surface area contributed by atoms with E-state index in [1.54, 1.807) is 12.1 Å². The van der Waals surface area contributed by atoms with E-state index in [-0.39, 0.29) is 31.0 Å². The van der Waals surface area contributed by atoms with Crippen LogP contribution >= 0.6 is 11.6 Å². The Morgan fingerprint density at radius 2 is 0.686 bits per heavy atom. The molecule has 12 heteroatoms. The fourth-order valence-corrected chi connectivity index (χ4v) is 12.4. The number of hydrogen-bond donors (Lipinski definition) is 2. The molecule has 0 unspecified atom stereocenters. The van der Waals surface area contributed by atoms with Gasteiger partial charge in [0.2, 0.25) is 5.28 Å². The molecular formula is C74H60BClN6O4. The SMILES string of the molecule is C.C.CC1(C)c2ccccc2-c2ccc3c(oc4cc(-c5nc(-c6ccccc6)nc(-c6ccccc6)n5)ccc43)c21.CC1(C)c2ccccc2-c2ccc3c(oc4cc(B(O)O)ccc43)c21.Clc1nc(-c2ccccc2)nc(-c2ccccc2)n1. The highest BCUT2D eigenvalue weighted by Gasteiger charge is 2.40. The third-order valence-electron chi connectivity index (χ3n) is 16.3. The second-order valence-electron chi connectivity index (χ2n) is 22.1. The normalized spacial score (nSPS) is 12.8. The van der Waals surface area contributed by atoms with Gasteiger partial charge in [0.05, 0.1) is 0 Å². The summed E-state index contributed by atoms with van der Waals surface area (Å²) in [5, 5.41) is 23.3.